The first-order chi connectivity index (χ1) is 17.1. The summed E-state index contributed by atoms with van der Waals surface area (Å²) in [5, 5.41) is 14.9. The van der Waals surface area contributed by atoms with Crippen LogP contribution in [0, 0.1) is 13.8 Å². The van der Waals surface area contributed by atoms with Crippen molar-refractivity contribution in [3.63, 3.8) is 0 Å². The third-order valence-corrected chi connectivity index (χ3v) is 5.44. The first-order valence-electron chi connectivity index (χ1n) is 10.8. The lowest BCUT2D eigenvalue weighted by Gasteiger charge is -2.16. The highest BCUT2D eigenvalue weighted by molar-refractivity contribution is 6.04. The number of halogens is 3. The Balaban J connectivity index is 1.70. The Hall–Kier alpha value is -4.32. The molecule has 0 saturated carbocycles. The van der Waals surface area contributed by atoms with Gasteiger partial charge in [-0.2, -0.15) is 23.1 Å². The number of anilines is 2. The molecule has 0 fully saturated rings. The SMILES string of the molecule is Cc1ccc(NC(=O)c2cccc(C(F)(F)F)c2)cc1-n1c(C)c2cnc(NCCO)nc2nc1=O. The Kier molecular flexibility index (Phi) is 6.71. The highest BCUT2D eigenvalue weighted by Crippen LogP contribution is 2.30. The third kappa shape index (κ3) is 5.03. The van der Waals surface area contributed by atoms with E-state index < -0.39 is 23.3 Å². The number of nitrogens with zero attached hydrogens (tertiary/aromatic N) is 4. The normalized spacial score (nSPS) is 11.5. The standard InChI is InChI=1S/C24H21F3N6O3/c1-13-6-7-17(30-21(35)15-4-3-5-16(10-15)24(25,26)27)11-19(13)33-14(2)18-12-29-22(28-8-9-34)31-20(18)32-23(33)36/h3-7,10-12,34H,8-9H2,1-2H3,(H,30,35)(H,28,31,32,36). The van der Waals surface area contributed by atoms with Gasteiger partial charge in [-0.25, -0.2) is 9.78 Å². The van der Waals surface area contributed by atoms with Gasteiger partial charge >= 0.3 is 11.9 Å². The third-order valence-electron chi connectivity index (χ3n) is 5.44. The monoisotopic (exact) mass is 498 g/mol. The molecule has 4 aromatic rings. The quantitative estimate of drug-likeness (QED) is 0.372. The van der Waals surface area contributed by atoms with Crippen LogP contribution in [0.2, 0.25) is 0 Å². The van der Waals surface area contributed by atoms with Gasteiger partial charge in [0.05, 0.1) is 23.2 Å². The van der Waals surface area contributed by atoms with Gasteiger partial charge in [0.2, 0.25) is 5.95 Å². The summed E-state index contributed by atoms with van der Waals surface area (Å²) in [6, 6.07) is 8.90. The summed E-state index contributed by atoms with van der Waals surface area (Å²) in [6.07, 6.45) is -3.07. The van der Waals surface area contributed by atoms with Gasteiger partial charge in [-0.3, -0.25) is 9.36 Å². The fraction of sp³-hybridized carbons (Fsp3) is 0.208. The van der Waals surface area contributed by atoms with Crippen LogP contribution in [0.3, 0.4) is 0 Å². The molecule has 0 aliphatic rings. The minimum atomic E-state index is -4.57. The van der Waals surface area contributed by atoms with Crippen LogP contribution in [-0.2, 0) is 6.18 Å². The number of aliphatic hydroxyl groups is 1. The van der Waals surface area contributed by atoms with E-state index in [1.807, 2.05) is 0 Å². The van der Waals surface area contributed by atoms with Crippen molar-refractivity contribution in [3.05, 3.63) is 81.5 Å². The average molecular weight is 498 g/mol. The average Bonchev–Trinajstić information content (AvgIpc) is 2.84. The second-order valence-electron chi connectivity index (χ2n) is 7.93. The summed E-state index contributed by atoms with van der Waals surface area (Å²) in [5.74, 6) is -0.510. The molecule has 3 N–H and O–H groups in total. The molecule has 0 atom stereocenters. The van der Waals surface area contributed by atoms with Gasteiger partial charge in [0.15, 0.2) is 5.65 Å². The molecule has 0 saturated heterocycles. The topological polar surface area (TPSA) is 122 Å². The summed E-state index contributed by atoms with van der Waals surface area (Å²) < 4.78 is 40.4. The van der Waals surface area contributed by atoms with Gasteiger partial charge in [-0.05, 0) is 49.7 Å². The van der Waals surface area contributed by atoms with E-state index in [9.17, 15) is 22.8 Å². The van der Waals surface area contributed by atoms with Crippen LogP contribution < -0.4 is 16.3 Å². The summed E-state index contributed by atoms with van der Waals surface area (Å²) in [6.45, 7) is 3.58. The van der Waals surface area contributed by atoms with Crippen molar-refractivity contribution in [3.8, 4) is 5.69 Å². The van der Waals surface area contributed by atoms with E-state index in [0.717, 1.165) is 18.2 Å². The van der Waals surface area contributed by atoms with E-state index in [1.54, 1.807) is 32.0 Å². The number of carbonyl (C=O) groups excluding carboxylic acids is 1. The molecule has 1 amide bonds. The fourth-order valence-corrected chi connectivity index (χ4v) is 3.62. The predicted octanol–water partition coefficient (Wildman–Crippen LogP) is 3.47. The number of aryl methyl sites for hydroxylation is 2. The Labute approximate surface area is 202 Å². The van der Waals surface area contributed by atoms with Crippen LogP contribution in [0.1, 0.15) is 27.2 Å². The smallest absolute Gasteiger partial charge is 0.395 e. The molecule has 2 aromatic carbocycles. The number of aliphatic hydroxyl groups excluding tert-OH is 1. The van der Waals surface area contributed by atoms with Crippen molar-refractivity contribution >= 4 is 28.6 Å². The zero-order valence-corrected chi connectivity index (χ0v) is 19.2. The second kappa shape index (κ2) is 9.74. The van der Waals surface area contributed by atoms with Gasteiger partial charge in [0.25, 0.3) is 5.91 Å². The lowest BCUT2D eigenvalue weighted by atomic mass is 10.1. The van der Waals surface area contributed by atoms with Gasteiger partial charge < -0.3 is 15.7 Å². The molecule has 4 rings (SSSR count). The van der Waals surface area contributed by atoms with Gasteiger partial charge in [0, 0.05) is 29.7 Å². The first kappa shape index (κ1) is 24.8. The van der Waals surface area contributed by atoms with E-state index in [1.165, 1.54) is 16.8 Å². The summed E-state index contributed by atoms with van der Waals surface area (Å²) in [4.78, 5) is 38.0. The zero-order chi connectivity index (χ0) is 26.0. The maximum absolute atomic E-state index is 13.0. The molecule has 12 heteroatoms. The van der Waals surface area contributed by atoms with E-state index >= 15 is 0 Å². The Bertz CT molecular complexity index is 1520. The van der Waals surface area contributed by atoms with Gasteiger partial charge in [-0.1, -0.05) is 12.1 Å². The van der Waals surface area contributed by atoms with Crippen molar-refractivity contribution in [2.24, 2.45) is 0 Å². The molecule has 0 bridgehead atoms. The number of alkyl halides is 3. The predicted molar refractivity (Wildman–Crippen MR) is 127 cm³/mol. The molecule has 0 unspecified atom stereocenters. The van der Waals surface area contributed by atoms with Crippen molar-refractivity contribution in [1.82, 2.24) is 19.5 Å². The highest BCUT2D eigenvalue weighted by Gasteiger charge is 2.31. The van der Waals surface area contributed by atoms with E-state index in [-0.39, 0.29) is 36.0 Å². The first-order valence-corrected chi connectivity index (χ1v) is 10.8. The van der Waals surface area contributed by atoms with Gasteiger partial charge in [-0.15, -0.1) is 0 Å². The molecule has 0 aliphatic carbocycles. The number of carbonyl (C=O) groups is 1. The number of benzene rings is 2. The second-order valence-corrected chi connectivity index (χ2v) is 7.93. The van der Waals surface area contributed by atoms with Crippen LogP contribution >= 0.6 is 0 Å². The highest BCUT2D eigenvalue weighted by atomic mass is 19.4. The minimum absolute atomic E-state index is 0.116. The molecule has 0 radical (unpaired) electrons. The lowest BCUT2D eigenvalue weighted by Crippen LogP contribution is -2.25. The molecule has 9 nitrogen and oxygen atoms in total. The van der Waals surface area contributed by atoms with Crippen LogP contribution in [-0.4, -0.2) is 43.7 Å². The number of rotatable bonds is 6. The van der Waals surface area contributed by atoms with E-state index in [0.29, 0.717) is 22.3 Å². The van der Waals surface area contributed by atoms with Crippen LogP contribution in [0.5, 0.6) is 0 Å². The number of fused-ring (bicyclic) bond motifs is 1. The Morgan fingerprint density at radius 1 is 1.11 bits per heavy atom. The molecule has 0 aliphatic heterocycles. The number of aromatic nitrogens is 4. The van der Waals surface area contributed by atoms with E-state index in [4.69, 9.17) is 5.11 Å². The number of hydrogen-bond donors (Lipinski definition) is 3. The van der Waals surface area contributed by atoms with Crippen molar-refractivity contribution in [2.45, 2.75) is 20.0 Å². The van der Waals surface area contributed by atoms with Crippen molar-refractivity contribution in [1.29, 1.82) is 0 Å². The van der Waals surface area contributed by atoms with Crippen molar-refractivity contribution < 1.29 is 23.1 Å². The molecule has 186 valence electrons. The molecular weight excluding hydrogens is 477 g/mol. The molecule has 2 heterocycles. The number of hydrogen-bond acceptors (Lipinski definition) is 7. The van der Waals surface area contributed by atoms with Crippen LogP contribution in [0.25, 0.3) is 16.7 Å². The van der Waals surface area contributed by atoms with Crippen LogP contribution in [0.15, 0.2) is 53.5 Å². The Morgan fingerprint density at radius 3 is 2.61 bits per heavy atom. The lowest BCUT2D eigenvalue weighted by molar-refractivity contribution is -0.137. The summed E-state index contributed by atoms with van der Waals surface area (Å²) in [7, 11) is 0. The molecule has 2 aromatic heterocycles. The maximum Gasteiger partial charge on any atom is 0.416 e. The van der Waals surface area contributed by atoms with Crippen molar-refractivity contribution in [2.75, 3.05) is 23.8 Å². The summed E-state index contributed by atoms with van der Waals surface area (Å²) >= 11 is 0. The molecule has 36 heavy (non-hydrogen) atoms. The minimum Gasteiger partial charge on any atom is -0.395 e. The van der Waals surface area contributed by atoms with Crippen LogP contribution in [0.4, 0.5) is 24.8 Å². The number of nitrogens with one attached hydrogen (secondary N) is 2. The number of amides is 1. The zero-order valence-electron chi connectivity index (χ0n) is 19.2. The fourth-order valence-electron chi connectivity index (χ4n) is 3.62. The largest absolute Gasteiger partial charge is 0.416 e. The Morgan fingerprint density at radius 2 is 1.89 bits per heavy atom. The maximum atomic E-state index is 13.0. The molecular formula is C24H21F3N6O3. The van der Waals surface area contributed by atoms with Gasteiger partial charge in [0.1, 0.15) is 0 Å². The van der Waals surface area contributed by atoms with E-state index in [2.05, 4.69) is 25.6 Å². The molecule has 0 spiro atoms. The summed E-state index contributed by atoms with van der Waals surface area (Å²) in [5.41, 5.74) is 0.382.